The zero-order valence-corrected chi connectivity index (χ0v) is 15.7. The van der Waals surface area contributed by atoms with Gasteiger partial charge in [0, 0.05) is 18.5 Å². The van der Waals surface area contributed by atoms with Gasteiger partial charge in [-0.05, 0) is 49.2 Å². The van der Waals surface area contributed by atoms with Gasteiger partial charge in [-0.1, -0.05) is 12.1 Å². The summed E-state index contributed by atoms with van der Waals surface area (Å²) in [5.74, 6) is 1.14. The van der Waals surface area contributed by atoms with Crippen molar-refractivity contribution in [3.8, 4) is 11.5 Å². The number of hydrogen-bond acceptors (Lipinski definition) is 4. The van der Waals surface area contributed by atoms with Crippen LogP contribution in [0.15, 0.2) is 48.8 Å². The summed E-state index contributed by atoms with van der Waals surface area (Å²) < 4.78 is 12.8. The number of ether oxygens (including phenoxy) is 2. The topological polar surface area (TPSA) is 64.9 Å². The monoisotopic (exact) mass is 365 g/mol. The van der Waals surface area contributed by atoms with Gasteiger partial charge >= 0.3 is 0 Å². The van der Waals surface area contributed by atoms with Gasteiger partial charge in [0.1, 0.15) is 5.65 Å². The molecule has 2 heterocycles. The number of benzene rings is 1. The molecule has 3 rings (SSSR count). The van der Waals surface area contributed by atoms with Gasteiger partial charge in [-0.15, -0.1) is 0 Å². The molecular formula is C21H23N3O3. The number of hydrogen-bond donors (Lipinski definition) is 1. The van der Waals surface area contributed by atoms with Gasteiger partial charge in [0.05, 0.1) is 26.0 Å². The summed E-state index contributed by atoms with van der Waals surface area (Å²) >= 11 is 0. The molecule has 2 aromatic heterocycles. The van der Waals surface area contributed by atoms with E-state index in [0.29, 0.717) is 24.7 Å². The number of fused-ring (bicyclic) bond motifs is 1. The van der Waals surface area contributed by atoms with Gasteiger partial charge in [0.15, 0.2) is 11.5 Å². The van der Waals surface area contributed by atoms with Crippen molar-refractivity contribution in [2.45, 2.75) is 20.4 Å². The molecule has 0 spiro atoms. The molecule has 0 fully saturated rings. The molecule has 0 bridgehead atoms. The average Bonchev–Trinajstić information content (AvgIpc) is 3.10. The number of aryl methyl sites for hydroxylation is 1. The maximum Gasteiger partial charge on any atom is 0.244 e. The highest BCUT2D eigenvalue weighted by molar-refractivity contribution is 5.91. The van der Waals surface area contributed by atoms with Crippen LogP contribution in [-0.4, -0.2) is 29.0 Å². The SMILES string of the molecule is CCOc1cc(/C=C/C(=O)NCc2cn3cccc(C)c3n2)ccc1OC. The minimum absolute atomic E-state index is 0.183. The van der Waals surface area contributed by atoms with Crippen LogP contribution in [0.2, 0.25) is 0 Å². The van der Waals surface area contributed by atoms with Crippen LogP contribution < -0.4 is 14.8 Å². The highest BCUT2D eigenvalue weighted by Gasteiger charge is 2.06. The van der Waals surface area contributed by atoms with E-state index in [9.17, 15) is 4.79 Å². The number of rotatable bonds is 7. The van der Waals surface area contributed by atoms with Crippen LogP contribution in [0.4, 0.5) is 0 Å². The third-order valence-electron chi connectivity index (χ3n) is 4.09. The van der Waals surface area contributed by atoms with Gasteiger partial charge < -0.3 is 19.2 Å². The highest BCUT2D eigenvalue weighted by Crippen LogP contribution is 2.28. The van der Waals surface area contributed by atoms with Gasteiger partial charge in [-0.25, -0.2) is 4.98 Å². The number of aromatic nitrogens is 2. The third kappa shape index (κ3) is 4.47. The molecule has 0 saturated heterocycles. The van der Waals surface area contributed by atoms with Crippen LogP contribution in [0.1, 0.15) is 23.7 Å². The first-order chi connectivity index (χ1) is 13.1. The normalized spacial score (nSPS) is 11.1. The first-order valence-corrected chi connectivity index (χ1v) is 8.80. The Hall–Kier alpha value is -3.28. The highest BCUT2D eigenvalue weighted by atomic mass is 16.5. The number of nitrogens with zero attached hydrogens (tertiary/aromatic N) is 2. The number of carbonyl (C=O) groups is 1. The second-order valence-electron chi connectivity index (χ2n) is 6.05. The fraction of sp³-hybridized carbons (Fsp3) is 0.238. The number of imidazole rings is 1. The molecule has 140 valence electrons. The Morgan fingerprint density at radius 3 is 2.89 bits per heavy atom. The minimum Gasteiger partial charge on any atom is -0.493 e. The van der Waals surface area contributed by atoms with Crippen molar-refractivity contribution in [1.29, 1.82) is 0 Å². The summed E-state index contributed by atoms with van der Waals surface area (Å²) in [5, 5.41) is 2.85. The molecule has 0 atom stereocenters. The molecule has 3 aromatic rings. The fourth-order valence-corrected chi connectivity index (χ4v) is 2.76. The van der Waals surface area contributed by atoms with E-state index >= 15 is 0 Å². The Morgan fingerprint density at radius 2 is 2.15 bits per heavy atom. The number of methoxy groups -OCH3 is 1. The molecule has 27 heavy (non-hydrogen) atoms. The van der Waals surface area contributed by atoms with Crippen LogP contribution in [-0.2, 0) is 11.3 Å². The molecule has 6 nitrogen and oxygen atoms in total. The van der Waals surface area contributed by atoms with E-state index in [1.807, 2.05) is 61.0 Å². The van der Waals surface area contributed by atoms with Crippen molar-refractivity contribution in [2.24, 2.45) is 0 Å². The van der Waals surface area contributed by atoms with Gasteiger partial charge in [0.2, 0.25) is 5.91 Å². The molecule has 1 aromatic carbocycles. The first kappa shape index (κ1) is 18.5. The van der Waals surface area contributed by atoms with Crippen LogP contribution in [0.25, 0.3) is 11.7 Å². The van der Waals surface area contributed by atoms with Crippen LogP contribution in [0, 0.1) is 6.92 Å². The Morgan fingerprint density at radius 1 is 1.30 bits per heavy atom. The van der Waals surface area contributed by atoms with Crippen molar-refractivity contribution in [3.05, 3.63) is 65.6 Å². The van der Waals surface area contributed by atoms with E-state index in [-0.39, 0.29) is 5.91 Å². The Balaban J connectivity index is 1.63. The molecule has 1 N–H and O–H groups in total. The molecule has 6 heteroatoms. The standard InChI is InChI=1S/C21H23N3O3/c1-4-27-19-12-16(7-9-18(19)26-3)8-10-20(25)22-13-17-14-24-11-5-6-15(2)21(24)23-17/h5-12,14H,4,13H2,1-3H3,(H,22,25)/b10-8+. The molecule has 1 amide bonds. The van der Waals surface area contributed by atoms with Crippen molar-refractivity contribution in [2.75, 3.05) is 13.7 Å². The Bertz CT molecular complexity index is 976. The van der Waals surface area contributed by atoms with Crippen LogP contribution in [0.3, 0.4) is 0 Å². The van der Waals surface area contributed by atoms with E-state index in [2.05, 4.69) is 10.3 Å². The second-order valence-corrected chi connectivity index (χ2v) is 6.05. The summed E-state index contributed by atoms with van der Waals surface area (Å²) in [6.45, 7) is 4.84. The molecule has 0 saturated carbocycles. The van der Waals surface area contributed by atoms with E-state index < -0.39 is 0 Å². The predicted octanol–water partition coefficient (Wildman–Crippen LogP) is 3.38. The number of nitrogens with one attached hydrogen (secondary N) is 1. The van der Waals surface area contributed by atoms with Gasteiger partial charge in [0.25, 0.3) is 0 Å². The zero-order valence-electron chi connectivity index (χ0n) is 15.7. The van der Waals surface area contributed by atoms with Gasteiger partial charge in [-0.2, -0.15) is 0 Å². The molecule has 0 radical (unpaired) electrons. The summed E-state index contributed by atoms with van der Waals surface area (Å²) in [5.41, 5.74) is 3.67. The number of pyridine rings is 1. The van der Waals surface area contributed by atoms with Crippen LogP contribution >= 0.6 is 0 Å². The zero-order chi connectivity index (χ0) is 19.2. The van der Waals surface area contributed by atoms with Crippen molar-refractivity contribution >= 4 is 17.6 Å². The van der Waals surface area contributed by atoms with E-state index in [4.69, 9.17) is 9.47 Å². The molecule has 0 unspecified atom stereocenters. The van der Waals surface area contributed by atoms with Gasteiger partial charge in [-0.3, -0.25) is 4.79 Å². The van der Waals surface area contributed by atoms with Crippen LogP contribution in [0.5, 0.6) is 11.5 Å². The Labute approximate surface area is 158 Å². The van der Waals surface area contributed by atoms with Crippen molar-refractivity contribution in [3.63, 3.8) is 0 Å². The van der Waals surface area contributed by atoms with E-state index in [1.54, 1.807) is 13.2 Å². The molecular weight excluding hydrogens is 342 g/mol. The lowest BCUT2D eigenvalue weighted by Crippen LogP contribution is -2.20. The lowest BCUT2D eigenvalue weighted by Gasteiger charge is -2.09. The average molecular weight is 365 g/mol. The summed E-state index contributed by atoms with van der Waals surface area (Å²) in [6, 6.07) is 9.52. The largest absolute Gasteiger partial charge is 0.493 e. The third-order valence-corrected chi connectivity index (χ3v) is 4.09. The van der Waals surface area contributed by atoms with Crippen molar-refractivity contribution < 1.29 is 14.3 Å². The number of carbonyl (C=O) groups excluding carboxylic acids is 1. The quantitative estimate of drug-likeness (QED) is 0.652. The van der Waals surface area contributed by atoms with Crippen molar-refractivity contribution in [1.82, 2.24) is 14.7 Å². The Kier molecular flexibility index (Phi) is 5.76. The molecule has 0 aliphatic heterocycles. The maximum atomic E-state index is 12.1. The molecule has 0 aliphatic rings. The van der Waals surface area contributed by atoms with E-state index in [1.165, 1.54) is 6.08 Å². The lowest BCUT2D eigenvalue weighted by atomic mass is 10.2. The second kappa shape index (κ2) is 8.40. The fourth-order valence-electron chi connectivity index (χ4n) is 2.76. The smallest absolute Gasteiger partial charge is 0.244 e. The summed E-state index contributed by atoms with van der Waals surface area (Å²) in [4.78, 5) is 16.7. The minimum atomic E-state index is -0.183. The maximum absolute atomic E-state index is 12.1. The summed E-state index contributed by atoms with van der Waals surface area (Å²) in [7, 11) is 1.60. The first-order valence-electron chi connectivity index (χ1n) is 8.80. The lowest BCUT2D eigenvalue weighted by molar-refractivity contribution is -0.116. The summed E-state index contributed by atoms with van der Waals surface area (Å²) in [6.07, 6.45) is 7.11. The predicted molar refractivity (Wildman–Crippen MR) is 105 cm³/mol. The number of amides is 1. The van der Waals surface area contributed by atoms with E-state index in [0.717, 1.165) is 22.5 Å². The molecule has 0 aliphatic carbocycles.